The number of hydrogen-bond acceptors (Lipinski definition) is 6. The number of benzene rings is 2. The largest absolute Gasteiger partial charge is 0.497 e. The number of ether oxygens (including phenoxy) is 2. The summed E-state index contributed by atoms with van der Waals surface area (Å²) in [6.45, 7) is 3.53. The lowest BCUT2D eigenvalue weighted by Crippen LogP contribution is -2.73. The van der Waals surface area contributed by atoms with Crippen LogP contribution in [-0.4, -0.2) is 103 Å². The van der Waals surface area contributed by atoms with E-state index in [9.17, 15) is 14.7 Å². The number of carbonyl (C=O) groups is 2. The number of rotatable bonds is 6. The van der Waals surface area contributed by atoms with E-state index in [1.165, 1.54) is 0 Å². The maximum absolute atomic E-state index is 12.9. The number of hydrogen-bond donors (Lipinski definition) is 1. The van der Waals surface area contributed by atoms with Crippen LogP contribution in [0, 0.1) is 0 Å². The zero-order valence-electron chi connectivity index (χ0n) is 19.4. The van der Waals surface area contributed by atoms with Gasteiger partial charge >= 0.3 is 0 Å². The van der Waals surface area contributed by atoms with Gasteiger partial charge in [0, 0.05) is 25.6 Å². The van der Waals surface area contributed by atoms with Crippen molar-refractivity contribution in [3.63, 3.8) is 0 Å². The quantitative estimate of drug-likeness (QED) is 0.690. The number of aliphatic hydroxyl groups is 1. The predicted molar refractivity (Wildman–Crippen MR) is 127 cm³/mol. The second kappa shape index (κ2) is 9.74. The van der Waals surface area contributed by atoms with Crippen molar-refractivity contribution in [1.82, 2.24) is 14.7 Å². The zero-order chi connectivity index (χ0) is 23.7. The normalized spacial score (nSPS) is 25.0. The van der Waals surface area contributed by atoms with Crippen LogP contribution in [0.3, 0.4) is 0 Å². The van der Waals surface area contributed by atoms with Crippen LogP contribution >= 0.6 is 0 Å². The Kier molecular flexibility index (Phi) is 6.54. The second-order valence-electron chi connectivity index (χ2n) is 9.16. The van der Waals surface area contributed by atoms with Crippen LogP contribution in [0.15, 0.2) is 48.5 Å². The molecule has 34 heavy (non-hydrogen) atoms. The molecule has 0 aromatic heterocycles. The molecule has 0 bridgehead atoms. The monoisotopic (exact) mass is 465 g/mol. The maximum Gasteiger partial charge on any atom is 0.242 e. The third-order valence-corrected chi connectivity index (χ3v) is 7.27. The van der Waals surface area contributed by atoms with Crippen LogP contribution < -0.4 is 4.74 Å². The lowest BCUT2D eigenvalue weighted by Gasteiger charge is -2.58. The van der Waals surface area contributed by atoms with E-state index in [0.717, 1.165) is 35.5 Å². The minimum absolute atomic E-state index is 0.00713. The summed E-state index contributed by atoms with van der Waals surface area (Å²) in [5.74, 6) is 0.691. The summed E-state index contributed by atoms with van der Waals surface area (Å²) >= 11 is 0. The van der Waals surface area contributed by atoms with Crippen molar-refractivity contribution < 1.29 is 24.2 Å². The van der Waals surface area contributed by atoms with Crippen molar-refractivity contribution in [1.29, 1.82) is 0 Å². The van der Waals surface area contributed by atoms with E-state index in [4.69, 9.17) is 9.47 Å². The van der Waals surface area contributed by atoms with Gasteiger partial charge in [0.2, 0.25) is 11.8 Å². The second-order valence-corrected chi connectivity index (χ2v) is 9.16. The number of amides is 2. The van der Waals surface area contributed by atoms with Crippen molar-refractivity contribution >= 4 is 11.8 Å². The van der Waals surface area contributed by atoms with Crippen molar-refractivity contribution in [2.24, 2.45) is 0 Å². The minimum atomic E-state index is -0.253. The smallest absolute Gasteiger partial charge is 0.242 e. The standard InChI is InChI=1S/C26H31N3O5/c1-33-21-4-2-3-20(13-21)18-5-7-19(8-6-18)26-22-14-28(16-25(32)29(22)23(26)17-30)24(31)15-27-9-11-34-12-10-27/h2-8,13,22-23,26,30H,9-12,14-17H2,1H3/t22-,23+,26+/m0/s1. The molecule has 2 amide bonds. The molecule has 3 saturated heterocycles. The predicted octanol–water partition coefficient (Wildman–Crippen LogP) is 1.19. The van der Waals surface area contributed by atoms with Crippen LogP contribution in [0.2, 0.25) is 0 Å². The van der Waals surface area contributed by atoms with Crippen LogP contribution in [-0.2, 0) is 14.3 Å². The average molecular weight is 466 g/mol. The van der Waals surface area contributed by atoms with Gasteiger partial charge in [0.05, 0.1) is 52.1 Å². The van der Waals surface area contributed by atoms with E-state index in [1.54, 1.807) is 16.9 Å². The molecule has 3 atom stereocenters. The van der Waals surface area contributed by atoms with E-state index in [2.05, 4.69) is 29.2 Å². The van der Waals surface area contributed by atoms with Gasteiger partial charge in [-0.1, -0.05) is 36.4 Å². The molecule has 2 aromatic carbocycles. The van der Waals surface area contributed by atoms with E-state index in [0.29, 0.717) is 26.3 Å². The Balaban J connectivity index is 1.31. The molecular weight excluding hydrogens is 434 g/mol. The van der Waals surface area contributed by atoms with Crippen LogP contribution in [0.4, 0.5) is 0 Å². The zero-order valence-corrected chi connectivity index (χ0v) is 19.4. The molecule has 0 spiro atoms. The van der Waals surface area contributed by atoms with Gasteiger partial charge in [-0.2, -0.15) is 0 Å². The first-order valence-corrected chi connectivity index (χ1v) is 11.8. The molecule has 3 aliphatic heterocycles. The summed E-state index contributed by atoms with van der Waals surface area (Å²) in [4.78, 5) is 31.4. The fraction of sp³-hybridized carbons (Fsp3) is 0.462. The molecule has 2 aromatic rings. The molecular formula is C26H31N3O5. The molecule has 8 heteroatoms. The van der Waals surface area contributed by atoms with E-state index in [-0.39, 0.29) is 43.0 Å². The summed E-state index contributed by atoms with van der Waals surface area (Å²) in [5.41, 5.74) is 3.20. The van der Waals surface area contributed by atoms with E-state index in [1.807, 2.05) is 24.3 Å². The fourth-order valence-corrected chi connectivity index (χ4v) is 5.44. The first-order valence-electron chi connectivity index (χ1n) is 11.8. The van der Waals surface area contributed by atoms with Gasteiger partial charge in [0.15, 0.2) is 0 Å². The number of piperazine rings is 1. The van der Waals surface area contributed by atoms with Gasteiger partial charge in [0.25, 0.3) is 0 Å². The molecule has 3 heterocycles. The Morgan fingerprint density at radius 3 is 2.59 bits per heavy atom. The van der Waals surface area contributed by atoms with Gasteiger partial charge in [-0.15, -0.1) is 0 Å². The van der Waals surface area contributed by atoms with Crippen molar-refractivity contribution in [2.45, 2.75) is 18.0 Å². The lowest BCUT2D eigenvalue weighted by molar-refractivity contribution is -0.167. The molecule has 0 radical (unpaired) electrons. The Bertz CT molecular complexity index is 1040. The molecule has 0 aliphatic carbocycles. The SMILES string of the molecule is COc1cccc(-c2ccc([C@H]3[C@@H](CO)N4C(=O)CN(C(=O)CN5CCOCC5)C[C@@H]34)cc2)c1. The minimum Gasteiger partial charge on any atom is -0.497 e. The number of carbonyl (C=O) groups excluding carboxylic acids is 2. The van der Waals surface area contributed by atoms with Crippen LogP contribution in [0.5, 0.6) is 5.75 Å². The molecule has 0 saturated carbocycles. The van der Waals surface area contributed by atoms with Crippen LogP contribution in [0.1, 0.15) is 11.5 Å². The summed E-state index contributed by atoms with van der Waals surface area (Å²) < 4.78 is 10.7. The lowest BCUT2D eigenvalue weighted by atomic mass is 9.73. The molecule has 8 nitrogen and oxygen atoms in total. The number of nitrogens with zero attached hydrogens (tertiary/aromatic N) is 3. The molecule has 0 unspecified atom stereocenters. The van der Waals surface area contributed by atoms with Crippen molar-refractivity contribution in [3.05, 3.63) is 54.1 Å². The van der Waals surface area contributed by atoms with Gasteiger partial charge in [-0.05, 0) is 28.8 Å². The van der Waals surface area contributed by atoms with E-state index < -0.39 is 0 Å². The highest BCUT2D eigenvalue weighted by molar-refractivity contribution is 5.88. The topological polar surface area (TPSA) is 82.6 Å². The van der Waals surface area contributed by atoms with Gasteiger partial charge in [-0.25, -0.2) is 0 Å². The molecule has 5 rings (SSSR count). The molecule has 3 fully saturated rings. The highest BCUT2D eigenvalue weighted by atomic mass is 16.5. The van der Waals surface area contributed by atoms with Crippen molar-refractivity contribution in [2.75, 3.05) is 59.7 Å². The van der Waals surface area contributed by atoms with Gasteiger partial charge < -0.3 is 24.4 Å². The highest BCUT2D eigenvalue weighted by Gasteiger charge is 2.54. The number of methoxy groups -OCH3 is 1. The number of morpholine rings is 1. The molecule has 3 aliphatic rings. The fourth-order valence-electron chi connectivity index (χ4n) is 5.44. The van der Waals surface area contributed by atoms with Gasteiger partial charge in [0.1, 0.15) is 5.75 Å². The van der Waals surface area contributed by atoms with Gasteiger partial charge in [-0.3, -0.25) is 14.5 Å². The highest BCUT2D eigenvalue weighted by Crippen LogP contribution is 2.43. The third kappa shape index (κ3) is 4.29. The Morgan fingerprint density at radius 1 is 1.12 bits per heavy atom. The molecule has 180 valence electrons. The maximum atomic E-state index is 12.9. The average Bonchev–Trinajstić information content (AvgIpc) is 2.86. The summed E-state index contributed by atoms with van der Waals surface area (Å²) in [6, 6.07) is 15.8. The summed E-state index contributed by atoms with van der Waals surface area (Å²) in [7, 11) is 1.65. The van der Waals surface area contributed by atoms with Crippen LogP contribution in [0.25, 0.3) is 11.1 Å². The van der Waals surface area contributed by atoms with E-state index >= 15 is 0 Å². The van der Waals surface area contributed by atoms with Crippen molar-refractivity contribution in [3.8, 4) is 16.9 Å². The third-order valence-electron chi connectivity index (χ3n) is 7.27. The summed E-state index contributed by atoms with van der Waals surface area (Å²) in [6.07, 6.45) is 0. The Hall–Kier alpha value is -2.94. The first kappa shape index (κ1) is 22.8. The molecule has 1 N–H and O–H groups in total. The number of fused-ring (bicyclic) bond motifs is 1. The first-order chi connectivity index (χ1) is 16.6. The Morgan fingerprint density at radius 2 is 1.88 bits per heavy atom. The Labute approximate surface area is 199 Å². The summed E-state index contributed by atoms with van der Waals surface area (Å²) in [5, 5.41) is 10.0. The number of aliphatic hydroxyl groups excluding tert-OH is 1.